The molecule has 10 heteroatoms. The second-order valence-electron chi connectivity index (χ2n) is 11.9. The highest BCUT2D eigenvalue weighted by Crippen LogP contribution is 2.34. The van der Waals surface area contributed by atoms with Gasteiger partial charge < -0.3 is 14.4 Å². The second-order valence-corrected chi connectivity index (χ2v) is 12.8. The van der Waals surface area contributed by atoms with Gasteiger partial charge in [-0.3, -0.25) is 10.00 Å². The quantitative estimate of drug-likeness (QED) is 0.200. The van der Waals surface area contributed by atoms with E-state index in [0.717, 1.165) is 37.1 Å². The van der Waals surface area contributed by atoms with E-state index in [0.29, 0.717) is 23.8 Å². The van der Waals surface area contributed by atoms with E-state index >= 15 is 0 Å². The molecule has 2 aromatic heterocycles. The van der Waals surface area contributed by atoms with Crippen LogP contribution in [0, 0.1) is 0 Å². The van der Waals surface area contributed by atoms with Crippen molar-refractivity contribution in [2.45, 2.75) is 58.3 Å². The number of ether oxygens (including phenoxy) is 1. The number of carbonyl (C=O) groups excluding carboxylic acids is 1. The maximum Gasteiger partial charge on any atom is 0.408 e. The third-order valence-electron chi connectivity index (χ3n) is 7.85. The number of fused-ring (bicyclic) bond motifs is 2. The molecule has 1 atom stereocenters. The molecule has 0 saturated heterocycles. The van der Waals surface area contributed by atoms with Gasteiger partial charge in [-0.25, -0.2) is 14.6 Å². The van der Waals surface area contributed by atoms with Gasteiger partial charge in [0.2, 0.25) is 0 Å². The minimum atomic E-state index is -1.20. The number of rotatable bonds is 6. The van der Waals surface area contributed by atoms with Crippen LogP contribution in [0.1, 0.15) is 48.8 Å². The van der Waals surface area contributed by atoms with E-state index in [1.54, 1.807) is 0 Å². The van der Waals surface area contributed by atoms with Gasteiger partial charge in [-0.15, -0.1) is 0 Å². The Balaban J connectivity index is 1.43. The number of halogens is 1. The lowest BCUT2D eigenvalue weighted by Gasteiger charge is -2.32. The molecule has 0 bridgehead atoms. The van der Waals surface area contributed by atoms with Gasteiger partial charge in [-0.2, -0.15) is 5.10 Å². The predicted molar refractivity (Wildman–Crippen MR) is 167 cm³/mol. The zero-order chi connectivity index (χ0) is 30.3. The Bertz CT molecular complexity index is 1820. The van der Waals surface area contributed by atoms with Crippen molar-refractivity contribution in [3.63, 3.8) is 0 Å². The number of aromatic nitrogens is 4. The Morgan fingerprint density at radius 2 is 1.81 bits per heavy atom. The first-order chi connectivity index (χ1) is 20.6. The molecule has 0 fully saturated rings. The number of carbonyl (C=O) groups is 2. The van der Waals surface area contributed by atoms with Crippen molar-refractivity contribution in [3.05, 3.63) is 105 Å². The van der Waals surface area contributed by atoms with Crippen LogP contribution in [0.3, 0.4) is 0 Å². The molecule has 43 heavy (non-hydrogen) atoms. The maximum absolute atomic E-state index is 13.4. The zero-order valence-corrected chi connectivity index (χ0v) is 25.8. The fourth-order valence-corrected chi connectivity index (χ4v) is 5.89. The van der Waals surface area contributed by atoms with Gasteiger partial charge >= 0.3 is 12.1 Å². The number of esters is 1. The SMILES string of the molecule is CC(C)(C)c1cccc(Cn2c(-c3n[nH]c4cc(Br)ccc34)nc3c2CC(C(=O)OCc2ccccc2)N(C(=O)O)C3)c1. The van der Waals surface area contributed by atoms with Crippen molar-refractivity contribution >= 4 is 38.9 Å². The third kappa shape index (κ3) is 5.79. The van der Waals surface area contributed by atoms with E-state index < -0.39 is 18.1 Å². The summed E-state index contributed by atoms with van der Waals surface area (Å²) in [6, 6.07) is 22.7. The predicted octanol–water partition coefficient (Wildman–Crippen LogP) is 6.68. The fraction of sp³-hybridized carbons (Fsp3) is 0.273. The average molecular weight is 643 g/mol. The van der Waals surface area contributed by atoms with Gasteiger partial charge in [0.05, 0.1) is 17.8 Å². The lowest BCUT2D eigenvalue weighted by atomic mass is 9.86. The summed E-state index contributed by atoms with van der Waals surface area (Å²) in [5, 5.41) is 18.7. The van der Waals surface area contributed by atoms with E-state index in [-0.39, 0.29) is 25.0 Å². The van der Waals surface area contributed by atoms with Crippen LogP contribution in [0.15, 0.2) is 77.3 Å². The van der Waals surface area contributed by atoms with E-state index in [4.69, 9.17) is 9.72 Å². The van der Waals surface area contributed by atoms with Gasteiger partial charge in [-0.1, -0.05) is 91.3 Å². The van der Waals surface area contributed by atoms with E-state index in [1.165, 1.54) is 5.56 Å². The maximum atomic E-state index is 13.4. The number of nitrogens with one attached hydrogen (secondary N) is 1. The van der Waals surface area contributed by atoms with E-state index in [9.17, 15) is 14.7 Å². The van der Waals surface area contributed by atoms with Crippen molar-refractivity contribution < 1.29 is 19.4 Å². The fourth-order valence-electron chi connectivity index (χ4n) is 5.52. The van der Waals surface area contributed by atoms with Gasteiger partial charge in [0.15, 0.2) is 5.82 Å². The summed E-state index contributed by atoms with van der Waals surface area (Å²) in [5.74, 6) is 0.0272. The number of hydrogen-bond donors (Lipinski definition) is 2. The molecule has 1 amide bonds. The van der Waals surface area contributed by atoms with Crippen LogP contribution in [-0.4, -0.2) is 47.9 Å². The second kappa shape index (κ2) is 11.3. The van der Waals surface area contributed by atoms with Crippen molar-refractivity contribution in [3.8, 4) is 11.5 Å². The van der Waals surface area contributed by atoms with Gasteiger partial charge in [-0.05, 0) is 40.3 Å². The number of hydrogen-bond acceptors (Lipinski definition) is 5. The minimum Gasteiger partial charge on any atom is -0.465 e. The van der Waals surface area contributed by atoms with Crippen molar-refractivity contribution in [1.29, 1.82) is 0 Å². The van der Waals surface area contributed by atoms with Crippen molar-refractivity contribution in [2.24, 2.45) is 0 Å². The number of benzene rings is 3. The summed E-state index contributed by atoms with van der Waals surface area (Å²) < 4.78 is 8.62. The number of imidazole rings is 1. The van der Waals surface area contributed by atoms with E-state index in [2.05, 4.69) is 75.7 Å². The van der Waals surface area contributed by atoms with Crippen LogP contribution < -0.4 is 0 Å². The smallest absolute Gasteiger partial charge is 0.408 e. The largest absolute Gasteiger partial charge is 0.465 e. The van der Waals surface area contributed by atoms with Crippen molar-refractivity contribution in [2.75, 3.05) is 0 Å². The summed E-state index contributed by atoms with van der Waals surface area (Å²) in [7, 11) is 0. The molecule has 3 aromatic carbocycles. The molecule has 0 spiro atoms. The highest BCUT2D eigenvalue weighted by atomic mass is 79.9. The third-order valence-corrected chi connectivity index (χ3v) is 8.34. The van der Waals surface area contributed by atoms with Gasteiger partial charge in [0.1, 0.15) is 18.3 Å². The Kier molecular flexibility index (Phi) is 7.56. The first-order valence-electron chi connectivity index (χ1n) is 14.1. The summed E-state index contributed by atoms with van der Waals surface area (Å²) in [4.78, 5) is 31.8. The Hall–Kier alpha value is -4.44. The van der Waals surface area contributed by atoms with Crippen LogP contribution in [0.25, 0.3) is 22.4 Å². The summed E-state index contributed by atoms with van der Waals surface area (Å²) in [5.41, 5.74) is 5.98. The first kappa shape index (κ1) is 28.7. The molecule has 6 rings (SSSR count). The highest BCUT2D eigenvalue weighted by molar-refractivity contribution is 9.10. The molecule has 0 saturated carbocycles. The van der Waals surface area contributed by atoms with Gasteiger partial charge in [0, 0.05) is 28.5 Å². The van der Waals surface area contributed by atoms with E-state index in [1.807, 2.05) is 48.5 Å². The Labute approximate surface area is 257 Å². The van der Waals surface area contributed by atoms with Crippen molar-refractivity contribution in [1.82, 2.24) is 24.6 Å². The number of carboxylic acid groups (broad SMARTS) is 1. The molecule has 5 aromatic rings. The molecule has 1 aliphatic heterocycles. The van der Waals surface area contributed by atoms with Crippen LogP contribution in [-0.2, 0) is 41.1 Å². The van der Waals surface area contributed by atoms with Crippen LogP contribution in [0.4, 0.5) is 4.79 Å². The molecule has 1 unspecified atom stereocenters. The summed E-state index contributed by atoms with van der Waals surface area (Å²) in [6.07, 6.45) is -1.06. The topological polar surface area (TPSA) is 113 Å². The average Bonchev–Trinajstić information content (AvgIpc) is 3.55. The molecule has 1 aliphatic rings. The zero-order valence-electron chi connectivity index (χ0n) is 24.2. The number of aromatic amines is 1. The van der Waals surface area contributed by atoms with Crippen LogP contribution in [0.2, 0.25) is 0 Å². The number of nitrogens with zero attached hydrogens (tertiary/aromatic N) is 4. The molecule has 0 aliphatic carbocycles. The number of amides is 1. The standard InChI is InChI=1S/C33H32BrN5O4/c1-33(2,3)22-11-7-10-21(14-22)17-38-27-16-28(31(40)43-19-20-8-5-4-6-9-20)39(32(41)42)18-26(27)35-30(38)29-24-13-12-23(34)15-25(24)36-37-29/h4-15,28H,16-19H2,1-3H3,(H,36,37)(H,41,42). The lowest BCUT2D eigenvalue weighted by Crippen LogP contribution is -2.49. The molecule has 0 radical (unpaired) electrons. The van der Waals surface area contributed by atoms with Crippen LogP contribution >= 0.6 is 15.9 Å². The molecular formula is C33H32BrN5O4. The summed E-state index contributed by atoms with van der Waals surface area (Å²) in [6.45, 7) is 7.04. The minimum absolute atomic E-state index is 0.0332. The molecule has 3 heterocycles. The Morgan fingerprint density at radius 3 is 2.56 bits per heavy atom. The number of H-pyrrole nitrogens is 1. The monoisotopic (exact) mass is 641 g/mol. The lowest BCUT2D eigenvalue weighted by molar-refractivity contribution is -0.151. The molecular weight excluding hydrogens is 610 g/mol. The Morgan fingerprint density at radius 1 is 1.05 bits per heavy atom. The van der Waals surface area contributed by atoms with Crippen LogP contribution in [0.5, 0.6) is 0 Å². The molecule has 220 valence electrons. The molecule has 2 N–H and O–H groups in total. The highest BCUT2D eigenvalue weighted by Gasteiger charge is 2.39. The molecule has 9 nitrogen and oxygen atoms in total. The summed E-state index contributed by atoms with van der Waals surface area (Å²) >= 11 is 3.52. The van der Waals surface area contributed by atoms with Gasteiger partial charge in [0.25, 0.3) is 0 Å². The normalized spacial score (nSPS) is 15.0. The first-order valence-corrected chi connectivity index (χ1v) is 14.9.